The van der Waals surface area contributed by atoms with E-state index in [2.05, 4.69) is 22.6 Å². The monoisotopic (exact) mass is 502 g/mol. The molecule has 0 aliphatic rings. The second kappa shape index (κ2) is 9.72. The van der Waals surface area contributed by atoms with Crippen molar-refractivity contribution in [1.82, 2.24) is 0 Å². The van der Waals surface area contributed by atoms with Gasteiger partial charge >= 0.3 is 24.5 Å². The SMILES string of the molecule is C=CC(=O)OCCCc1ccc2c(oc3c(C(F)(F)F)c(OC(=O)C=C)ccc32)c1OC(F)(F)F. The number of aryl methyl sites for hydroxylation is 1. The van der Waals surface area contributed by atoms with Gasteiger partial charge in [0.15, 0.2) is 16.9 Å². The van der Waals surface area contributed by atoms with Crippen LogP contribution in [-0.2, 0) is 26.9 Å². The number of benzene rings is 2. The number of hydrogen-bond acceptors (Lipinski definition) is 6. The van der Waals surface area contributed by atoms with E-state index in [1.165, 1.54) is 12.1 Å². The number of carbonyl (C=O) groups is 2. The van der Waals surface area contributed by atoms with Gasteiger partial charge in [0.2, 0.25) is 0 Å². The van der Waals surface area contributed by atoms with Crippen LogP contribution in [0.2, 0.25) is 0 Å². The highest BCUT2D eigenvalue weighted by molar-refractivity contribution is 6.09. The Kier molecular flexibility index (Phi) is 7.13. The Balaban J connectivity index is 2.18. The molecule has 0 aliphatic carbocycles. The molecule has 0 atom stereocenters. The van der Waals surface area contributed by atoms with E-state index >= 15 is 0 Å². The number of halogens is 6. The highest BCUT2D eigenvalue weighted by atomic mass is 19.4. The Hall–Kier alpha value is -3.96. The van der Waals surface area contributed by atoms with Crippen LogP contribution >= 0.6 is 0 Å². The third-order valence-electron chi connectivity index (χ3n) is 4.69. The van der Waals surface area contributed by atoms with Crippen LogP contribution in [0.4, 0.5) is 26.3 Å². The molecule has 3 aromatic rings. The van der Waals surface area contributed by atoms with Crippen molar-refractivity contribution in [2.75, 3.05) is 6.61 Å². The molecule has 2 aromatic carbocycles. The molecular formula is C23H16F6O6. The van der Waals surface area contributed by atoms with Crippen molar-refractivity contribution in [2.45, 2.75) is 25.4 Å². The van der Waals surface area contributed by atoms with Crippen molar-refractivity contribution in [3.05, 3.63) is 60.7 Å². The predicted molar refractivity (Wildman–Crippen MR) is 111 cm³/mol. The zero-order valence-corrected chi connectivity index (χ0v) is 17.7. The fraction of sp³-hybridized carbons (Fsp3) is 0.217. The van der Waals surface area contributed by atoms with Gasteiger partial charge in [0, 0.05) is 22.9 Å². The summed E-state index contributed by atoms with van der Waals surface area (Å²) in [6.45, 7) is 6.18. The smallest absolute Gasteiger partial charge is 0.463 e. The third-order valence-corrected chi connectivity index (χ3v) is 4.69. The average Bonchev–Trinajstić information content (AvgIpc) is 3.14. The van der Waals surface area contributed by atoms with E-state index in [4.69, 9.17) is 9.15 Å². The summed E-state index contributed by atoms with van der Waals surface area (Å²) in [6.07, 6.45) is -8.72. The van der Waals surface area contributed by atoms with Gasteiger partial charge in [-0.15, -0.1) is 13.2 Å². The standard InChI is InChI=1S/C23H16F6O6/c1-3-16(30)32-11-5-6-12-7-8-14-13-9-10-15(33-17(31)4-2)18(22(24,25)26)20(13)34-21(14)19(12)35-23(27,28)29/h3-4,7-10H,1-2,5-6,11H2. The Morgan fingerprint density at radius 3 is 2.14 bits per heavy atom. The van der Waals surface area contributed by atoms with Crippen molar-refractivity contribution in [1.29, 1.82) is 0 Å². The summed E-state index contributed by atoms with van der Waals surface area (Å²) < 4.78 is 100.0. The van der Waals surface area contributed by atoms with Gasteiger partial charge in [-0.05, 0) is 36.6 Å². The van der Waals surface area contributed by atoms with Crippen LogP contribution in [0.15, 0.2) is 54.0 Å². The van der Waals surface area contributed by atoms with Crippen LogP contribution in [0.25, 0.3) is 21.9 Å². The van der Waals surface area contributed by atoms with E-state index < -0.39 is 52.7 Å². The fourth-order valence-corrected chi connectivity index (χ4v) is 3.32. The molecular weight excluding hydrogens is 486 g/mol. The maximum Gasteiger partial charge on any atom is 0.573 e. The maximum absolute atomic E-state index is 13.9. The number of ether oxygens (including phenoxy) is 3. The van der Waals surface area contributed by atoms with Crippen molar-refractivity contribution >= 4 is 33.9 Å². The molecule has 0 N–H and O–H groups in total. The lowest BCUT2D eigenvalue weighted by Crippen LogP contribution is -2.18. The number of esters is 2. The molecule has 35 heavy (non-hydrogen) atoms. The molecule has 0 spiro atoms. The molecule has 6 nitrogen and oxygen atoms in total. The van der Waals surface area contributed by atoms with Crippen molar-refractivity contribution in [3.8, 4) is 11.5 Å². The van der Waals surface area contributed by atoms with Crippen LogP contribution in [-0.4, -0.2) is 24.9 Å². The van der Waals surface area contributed by atoms with E-state index in [9.17, 15) is 35.9 Å². The minimum atomic E-state index is -5.19. The molecule has 0 fully saturated rings. The first kappa shape index (κ1) is 25.7. The summed E-state index contributed by atoms with van der Waals surface area (Å²) in [5, 5.41) is -0.266. The Labute approximate surface area is 193 Å². The summed E-state index contributed by atoms with van der Waals surface area (Å²) >= 11 is 0. The van der Waals surface area contributed by atoms with Gasteiger partial charge in [-0.2, -0.15) is 13.2 Å². The minimum absolute atomic E-state index is 0.0459. The highest BCUT2D eigenvalue weighted by Crippen LogP contribution is 2.47. The van der Waals surface area contributed by atoms with Gasteiger partial charge in [0.05, 0.1) is 6.61 Å². The summed E-state index contributed by atoms with van der Waals surface area (Å²) in [6, 6.07) is 4.50. The number of carbonyl (C=O) groups excluding carboxylic acids is 2. The van der Waals surface area contributed by atoms with Crippen molar-refractivity contribution in [3.63, 3.8) is 0 Å². The van der Waals surface area contributed by atoms with Crippen molar-refractivity contribution < 1.29 is 54.6 Å². The quantitative estimate of drug-likeness (QED) is 0.119. The molecule has 0 bridgehead atoms. The largest absolute Gasteiger partial charge is 0.573 e. The van der Waals surface area contributed by atoms with E-state index in [-0.39, 0.29) is 35.8 Å². The fourth-order valence-electron chi connectivity index (χ4n) is 3.32. The average molecular weight is 502 g/mol. The minimum Gasteiger partial charge on any atom is -0.463 e. The first-order valence-electron chi connectivity index (χ1n) is 9.83. The van der Waals surface area contributed by atoms with Gasteiger partial charge < -0.3 is 18.6 Å². The molecule has 12 heteroatoms. The maximum atomic E-state index is 13.9. The molecule has 0 unspecified atom stereocenters. The van der Waals surface area contributed by atoms with Crippen LogP contribution in [0, 0.1) is 0 Å². The lowest BCUT2D eigenvalue weighted by atomic mass is 10.0. The van der Waals surface area contributed by atoms with Crippen molar-refractivity contribution in [2.24, 2.45) is 0 Å². The Bertz CT molecular complexity index is 1300. The molecule has 0 radical (unpaired) electrons. The van der Waals surface area contributed by atoms with Crippen LogP contribution in [0.5, 0.6) is 11.5 Å². The lowest BCUT2D eigenvalue weighted by Gasteiger charge is -2.13. The van der Waals surface area contributed by atoms with Gasteiger partial charge in [0.1, 0.15) is 11.3 Å². The molecule has 1 aromatic heterocycles. The number of rotatable bonds is 8. The lowest BCUT2D eigenvalue weighted by molar-refractivity contribution is -0.274. The number of hydrogen-bond donors (Lipinski definition) is 0. The van der Waals surface area contributed by atoms with Crippen LogP contribution < -0.4 is 9.47 Å². The van der Waals surface area contributed by atoms with Crippen LogP contribution in [0.3, 0.4) is 0 Å². The molecule has 186 valence electrons. The second-order valence-electron chi connectivity index (χ2n) is 6.99. The third kappa shape index (κ3) is 5.76. The molecule has 0 amide bonds. The number of fused-ring (bicyclic) bond motifs is 3. The summed E-state index contributed by atoms with van der Waals surface area (Å²) in [4.78, 5) is 22.6. The first-order valence-corrected chi connectivity index (χ1v) is 9.83. The van der Waals surface area contributed by atoms with E-state index in [0.29, 0.717) is 6.08 Å². The molecule has 0 saturated carbocycles. The summed E-state index contributed by atoms with van der Waals surface area (Å²) in [5.74, 6) is -3.64. The summed E-state index contributed by atoms with van der Waals surface area (Å²) in [5.41, 5.74) is -2.96. The second-order valence-corrected chi connectivity index (χ2v) is 6.99. The van der Waals surface area contributed by atoms with Gasteiger partial charge in [-0.3, -0.25) is 0 Å². The Morgan fingerprint density at radius 1 is 0.914 bits per heavy atom. The normalized spacial score (nSPS) is 11.9. The summed E-state index contributed by atoms with van der Waals surface area (Å²) in [7, 11) is 0. The topological polar surface area (TPSA) is 75.0 Å². The van der Waals surface area contributed by atoms with Gasteiger partial charge in [-0.1, -0.05) is 19.2 Å². The first-order chi connectivity index (χ1) is 16.4. The molecule has 0 saturated heterocycles. The van der Waals surface area contributed by atoms with E-state index in [0.717, 1.165) is 18.2 Å². The molecule has 0 aliphatic heterocycles. The molecule has 1 heterocycles. The zero-order valence-electron chi connectivity index (χ0n) is 17.7. The predicted octanol–water partition coefficient (Wildman–Crippen LogP) is 6.26. The zero-order chi connectivity index (χ0) is 26.0. The van der Waals surface area contributed by atoms with E-state index in [1.54, 1.807) is 0 Å². The van der Waals surface area contributed by atoms with E-state index in [1.807, 2.05) is 0 Å². The highest BCUT2D eigenvalue weighted by Gasteiger charge is 2.40. The van der Waals surface area contributed by atoms with Gasteiger partial charge in [-0.25, -0.2) is 9.59 Å². The van der Waals surface area contributed by atoms with Crippen LogP contribution in [0.1, 0.15) is 17.5 Å². The number of alkyl halides is 6. The molecule has 3 rings (SSSR count). The number of furan rings is 1. The Morgan fingerprint density at radius 2 is 1.54 bits per heavy atom. The van der Waals surface area contributed by atoms with Gasteiger partial charge in [0.25, 0.3) is 0 Å².